The van der Waals surface area contributed by atoms with Gasteiger partial charge in [0.25, 0.3) is 0 Å². The molecule has 0 bridgehead atoms. The number of hydrogen-bond donors (Lipinski definition) is 0. The van der Waals surface area contributed by atoms with Crippen LogP contribution in [0.4, 0.5) is 11.4 Å². The number of para-hydroxylation sites is 1. The van der Waals surface area contributed by atoms with Crippen LogP contribution < -0.4 is 9.80 Å². The molecule has 1 aliphatic rings. The molecule has 1 fully saturated rings. The van der Waals surface area contributed by atoms with Crippen molar-refractivity contribution in [3.8, 4) is 0 Å². The molecule has 2 aromatic rings. The molecule has 2 amide bonds. The van der Waals surface area contributed by atoms with Crippen molar-refractivity contribution < 1.29 is 9.59 Å². The maximum absolute atomic E-state index is 13.3. The fourth-order valence-electron chi connectivity index (χ4n) is 4.13. The first-order chi connectivity index (χ1) is 13.5. The van der Waals surface area contributed by atoms with Crippen LogP contribution in [0, 0.1) is 12.8 Å². The van der Waals surface area contributed by atoms with Crippen LogP contribution in [0.5, 0.6) is 0 Å². The number of nitrogens with zero attached hydrogens (tertiary/aromatic N) is 2. The van der Waals surface area contributed by atoms with Gasteiger partial charge in [0.15, 0.2) is 0 Å². The summed E-state index contributed by atoms with van der Waals surface area (Å²) >= 11 is 0. The molecule has 4 nitrogen and oxygen atoms in total. The van der Waals surface area contributed by atoms with Gasteiger partial charge in [-0.2, -0.15) is 0 Å². The van der Waals surface area contributed by atoms with E-state index in [9.17, 15) is 9.59 Å². The van der Waals surface area contributed by atoms with Gasteiger partial charge in [-0.1, -0.05) is 44.2 Å². The van der Waals surface area contributed by atoms with Crippen LogP contribution in [0.3, 0.4) is 0 Å². The first kappa shape index (κ1) is 20.1. The third-order valence-corrected chi connectivity index (χ3v) is 5.60. The lowest BCUT2D eigenvalue weighted by atomic mass is 10.0. The highest BCUT2D eigenvalue weighted by Crippen LogP contribution is 2.33. The summed E-state index contributed by atoms with van der Waals surface area (Å²) in [4.78, 5) is 29.8. The molecule has 0 aromatic heterocycles. The maximum Gasteiger partial charge on any atom is 0.232 e. The molecular formula is C24H30N2O2. The van der Waals surface area contributed by atoms with Crippen LogP contribution in [0.25, 0.3) is 0 Å². The summed E-state index contributed by atoms with van der Waals surface area (Å²) in [5.74, 6) is -0.215. The van der Waals surface area contributed by atoms with Crippen molar-refractivity contribution in [2.45, 2.75) is 47.0 Å². The van der Waals surface area contributed by atoms with Crippen LogP contribution in [-0.4, -0.2) is 24.9 Å². The number of rotatable bonds is 6. The van der Waals surface area contributed by atoms with Crippen molar-refractivity contribution in [2.75, 3.05) is 22.9 Å². The predicted molar refractivity (Wildman–Crippen MR) is 115 cm³/mol. The Labute approximate surface area is 168 Å². The third-order valence-electron chi connectivity index (χ3n) is 5.60. The molecular weight excluding hydrogens is 348 g/mol. The smallest absolute Gasteiger partial charge is 0.232 e. The van der Waals surface area contributed by atoms with E-state index in [0.29, 0.717) is 13.1 Å². The monoisotopic (exact) mass is 378 g/mol. The van der Waals surface area contributed by atoms with Gasteiger partial charge in [0, 0.05) is 30.9 Å². The van der Waals surface area contributed by atoms with Gasteiger partial charge in [0.2, 0.25) is 11.8 Å². The van der Waals surface area contributed by atoms with Gasteiger partial charge >= 0.3 is 0 Å². The van der Waals surface area contributed by atoms with Gasteiger partial charge in [-0.15, -0.1) is 0 Å². The Morgan fingerprint density at radius 1 is 1.07 bits per heavy atom. The molecule has 1 heterocycles. The number of carbonyl (C=O) groups is 2. The van der Waals surface area contributed by atoms with Crippen LogP contribution in [0.15, 0.2) is 42.5 Å². The molecule has 3 rings (SSSR count). The second-order valence-corrected chi connectivity index (χ2v) is 7.46. The Morgan fingerprint density at radius 2 is 1.71 bits per heavy atom. The van der Waals surface area contributed by atoms with Crippen LogP contribution in [0.1, 0.15) is 43.9 Å². The Balaban J connectivity index is 1.87. The van der Waals surface area contributed by atoms with Gasteiger partial charge in [0.1, 0.15) is 0 Å². The average molecular weight is 379 g/mol. The minimum absolute atomic E-state index is 0.0379. The van der Waals surface area contributed by atoms with E-state index in [1.807, 2.05) is 43.0 Å². The highest BCUT2D eigenvalue weighted by Gasteiger charge is 2.38. The van der Waals surface area contributed by atoms with Crippen molar-refractivity contribution in [2.24, 2.45) is 5.92 Å². The first-order valence-electron chi connectivity index (χ1n) is 10.3. The summed E-state index contributed by atoms with van der Waals surface area (Å²) in [6, 6.07) is 14.2. The first-order valence-corrected chi connectivity index (χ1v) is 10.3. The fourth-order valence-corrected chi connectivity index (χ4v) is 4.13. The zero-order chi connectivity index (χ0) is 20.3. The fraction of sp³-hybridized carbons (Fsp3) is 0.417. The molecule has 0 radical (unpaired) electrons. The van der Waals surface area contributed by atoms with Gasteiger partial charge < -0.3 is 9.80 Å². The topological polar surface area (TPSA) is 40.6 Å². The molecule has 2 aromatic carbocycles. The summed E-state index contributed by atoms with van der Waals surface area (Å²) in [7, 11) is 0. The minimum atomic E-state index is -0.303. The number of amides is 2. The lowest BCUT2D eigenvalue weighted by Crippen LogP contribution is -2.37. The van der Waals surface area contributed by atoms with E-state index in [1.165, 1.54) is 11.1 Å². The molecule has 0 saturated carbocycles. The molecule has 0 spiro atoms. The highest BCUT2D eigenvalue weighted by atomic mass is 16.2. The number of carbonyl (C=O) groups excluding carboxylic acids is 2. The number of aryl methyl sites for hydroxylation is 3. The molecule has 1 unspecified atom stereocenters. The summed E-state index contributed by atoms with van der Waals surface area (Å²) in [5, 5.41) is 0. The van der Waals surface area contributed by atoms with Crippen LogP contribution >= 0.6 is 0 Å². The third kappa shape index (κ3) is 3.82. The summed E-state index contributed by atoms with van der Waals surface area (Å²) in [6.45, 7) is 9.28. The van der Waals surface area contributed by atoms with Crippen molar-refractivity contribution in [3.63, 3.8) is 0 Å². The van der Waals surface area contributed by atoms with Crippen molar-refractivity contribution in [3.05, 3.63) is 59.2 Å². The normalized spacial score (nSPS) is 16.5. The van der Waals surface area contributed by atoms with Crippen molar-refractivity contribution >= 4 is 23.2 Å². The van der Waals surface area contributed by atoms with Gasteiger partial charge in [-0.25, -0.2) is 0 Å². The minimum Gasteiger partial charge on any atom is -0.312 e. The molecule has 1 atom stereocenters. The van der Waals surface area contributed by atoms with Crippen molar-refractivity contribution in [1.82, 2.24) is 0 Å². The van der Waals surface area contributed by atoms with Gasteiger partial charge in [-0.05, 0) is 55.5 Å². The van der Waals surface area contributed by atoms with E-state index in [4.69, 9.17) is 0 Å². The Bertz CT molecular complexity index is 852. The second kappa shape index (κ2) is 8.59. The summed E-state index contributed by atoms with van der Waals surface area (Å²) in [5.41, 5.74) is 5.39. The molecule has 28 heavy (non-hydrogen) atoms. The van der Waals surface area contributed by atoms with E-state index >= 15 is 0 Å². The maximum atomic E-state index is 13.3. The molecule has 4 heteroatoms. The summed E-state index contributed by atoms with van der Waals surface area (Å²) in [6.07, 6.45) is 2.02. The molecule has 148 valence electrons. The van der Waals surface area contributed by atoms with E-state index in [1.54, 1.807) is 4.90 Å². The molecule has 0 N–H and O–H groups in total. The van der Waals surface area contributed by atoms with E-state index in [0.717, 1.165) is 29.8 Å². The lowest BCUT2D eigenvalue weighted by Gasteiger charge is -2.26. The van der Waals surface area contributed by atoms with E-state index in [-0.39, 0.29) is 24.2 Å². The number of anilines is 2. The van der Waals surface area contributed by atoms with E-state index < -0.39 is 0 Å². The highest BCUT2D eigenvalue weighted by molar-refractivity contribution is 6.05. The zero-order valence-corrected chi connectivity index (χ0v) is 17.4. The number of benzene rings is 2. The lowest BCUT2D eigenvalue weighted by molar-refractivity contribution is -0.124. The average Bonchev–Trinajstić information content (AvgIpc) is 3.09. The van der Waals surface area contributed by atoms with E-state index in [2.05, 4.69) is 32.0 Å². The molecule has 1 saturated heterocycles. The van der Waals surface area contributed by atoms with Crippen molar-refractivity contribution in [1.29, 1.82) is 0 Å². The zero-order valence-electron chi connectivity index (χ0n) is 17.4. The van der Waals surface area contributed by atoms with Crippen LogP contribution in [0.2, 0.25) is 0 Å². The predicted octanol–water partition coefficient (Wildman–Crippen LogP) is 4.53. The quantitative estimate of drug-likeness (QED) is 0.741. The Kier molecular flexibility index (Phi) is 6.18. The largest absolute Gasteiger partial charge is 0.312 e. The van der Waals surface area contributed by atoms with Crippen LogP contribution in [-0.2, 0) is 22.4 Å². The number of hydrogen-bond acceptors (Lipinski definition) is 2. The summed E-state index contributed by atoms with van der Waals surface area (Å²) < 4.78 is 0. The Hall–Kier alpha value is -2.62. The molecule has 0 aliphatic carbocycles. The second-order valence-electron chi connectivity index (χ2n) is 7.46. The SMILES string of the molecule is CCc1cccc(CC)c1N1CC(C(=O)N(CC)c2cccc(C)c2)CC1=O. The van der Waals surface area contributed by atoms with Gasteiger partial charge in [0.05, 0.1) is 5.92 Å². The Morgan fingerprint density at radius 3 is 2.29 bits per heavy atom. The molecule has 1 aliphatic heterocycles. The standard InChI is InChI=1S/C24H30N2O2/c1-5-18-11-9-12-19(6-2)23(18)26-16-20(15-22(26)27)24(28)25(7-3)21-13-8-10-17(4)14-21/h8-14,20H,5-7,15-16H2,1-4H3. The van der Waals surface area contributed by atoms with Gasteiger partial charge in [-0.3, -0.25) is 9.59 Å².